The molecule has 3 heterocycles. The number of nitrogens with one attached hydrogen (secondary N) is 1. The Labute approximate surface area is 131 Å². The number of hydrogen-bond donors (Lipinski definition) is 1. The van der Waals surface area contributed by atoms with Crippen LogP contribution in [0, 0.1) is 11.3 Å². The molecule has 4 nitrogen and oxygen atoms in total. The standard InChI is InChI=1S/C17H15N3OS/c18-8-13-7-11(10-22-13)14-9-20(12-3-1-2-4-12)15-5-6-19-17(21)16(14)15/h5-7,9-10,12H,1-4H2,(H,19,21). The second-order valence-corrected chi connectivity index (χ2v) is 6.68. The predicted molar refractivity (Wildman–Crippen MR) is 88.1 cm³/mol. The Morgan fingerprint density at radius 3 is 2.91 bits per heavy atom. The summed E-state index contributed by atoms with van der Waals surface area (Å²) in [4.78, 5) is 15.8. The number of nitriles is 1. The van der Waals surface area contributed by atoms with Crippen molar-refractivity contribution in [3.8, 4) is 17.2 Å². The zero-order valence-corrected chi connectivity index (χ0v) is 12.8. The molecule has 1 N–H and O–H groups in total. The van der Waals surface area contributed by atoms with Crippen LogP contribution < -0.4 is 5.56 Å². The quantitative estimate of drug-likeness (QED) is 0.776. The van der Waals surface area contributed by atoms with E-state index in [-0.39, 0.29) is 5.56 Å². The van der Waals surface area contributed by atoms with Gasteiger partial charge in [0.15, 0.2) is 0 Å². The van der Waals surface area contributed by atoms with Crippen molar-refractivity contribution in [1.82, 2.24) is 9.55 Å². The minimum absolute atomic E-state index is 0.0612. The van der Waals surface area contributed by atoms with E-state index in [0.29, 0.717) is 10.9 Å². The molecule has 0 spiro atoms. The number of rotatable bonds is 2. The van der Waals surface area contributed by atoms with Gasteiger partial charge in [-0.25, -0.2) is 0 Å². The normalized spacial score (nSPS) is 15.4. The third-order valence-electron chi connectivity index (χ3n) is 4.49. The molecule has 0 aromatic carbocycles. The Morgan fingerprint density at radius 1 is 1.36 bits per heavy atom. The van der Waals surface area contributed by atoms with Crippen LogP contribution in [0.2, 0.25) is 0 Å². The van der Waals surface area contributed by atoms with Gasteiger partial charge in [-0.05, 0) is 30.5 Å². The van der Waals surface area contributed by atoms with E-state index >= 15 is 0 Å². The number of H-pyrrole nitrogens is 1. The minimum atomic E-state index is -0.0612. The van der Waals surface area contributed by atoms with Crippen LogP contribution in [0.25, 0.3) is 22.0 Å². The van der Waals surface area contributed by atoms with Crippen molar-refractivity contribution in [1.29, 1.82) is 5.26 Å². The van der Waals surface area contributed by atoms with E-state index in [0.717, 1.165) is 22.0 Å². The van der Waals surface area contributed by atoms with Gasteiger partial charge in [-0.15, -0.1) is 11.3 Å². The molecule has 3 aromatic heterocycles. The van der Waals surface area contributed by atoms with Crippen LogP contribution in [0.15, 0.2) is 34.7 Å². The summed E-state index contributed by atoms with van der Waals surface area (Å²) in [6.45, 7) is 0. The van der Waals surface area contributed by atoms with E-state index in [1.807, 2.05) is 17.5 Å². The lowest BCUT2D eigenvalue weighted by atomic mass is 10.1. The van der Waals surface area contributed by atoms with Crippen LogP contribution in [0.1, 0.15) is 36.6 Å². The third-order valence-corrected chi connectivity index (χ3v) is 5.33. The molecule has 110 valence electrons. The van der Waals surface area contributed by atoms with Gasteiger partial charge in [0, 0.05) is 29.4 Å². The van der Waals surface area contributed by atoms with Crippen LogP contribution in [-0.4, -0.2) is 9.55 Å². The second kappa shape index (κ2) is 5.15. The number of pyridine rings is 1. The fourth-order valence-corrected chi connectivity index (χ4v) is 4.15. The van der Waals surface area contributed by atoms with Crippen molar-refractivity contribution in [2.45, 2.75) is 31.7 Å². The molecule has 5 heteroatoms. The largest absolute Gasteiger partial charge is 0.344 e. The van der Waals surface area contributed by atoms with Gasteiger partial charge in [0.1, 0.15) is 10.9 Å². The summed E-state index contributed by atoms with van der Waals surface area (Å²) < 4.78 is 2.26. The van der Waals surface area contributed by atoms with Crippen molar-refractivity contribution in [3.63, 3.8) is 0 Å². The molecule has 1 aliphatic rings. The van der Waals surface area contributed by atoms with Crippen molar-refractivity contribution in [2.75, 3.05) is 0 Å². The fraction of sp³-hybridized carbons (Fsp3) is 0.294. The Balaban J connectivity index is 1.98. The summed E-state index contributed by atoms with van der Waals surface area (Å²) in [5, 5.41) is 11.7. The molecule has 0 saturated heterocycles. The smallest absolute Gasteiger partial charge is 0.258 e. The van der Waals surface area contributed by atoms with Gasteiger partial charge < -0.3 is 9.55 Å². The lowest BCUT2D eigenvalue weighted by Crippen LogP contribution is -2.07. The molecule has 0 bridgehead atoms. The Kier molecular flexibility index (Phi) is 3.12. The number of aromatic nitrogens is 2. The molecular weight excluding hydrogens is 294 g/mol. The van der Waals surface area contributed by atoms with E-state index in [9.17, 15) is 4.79 Å². The topological polar surface area (TPSA) is 61.6 Å². The van der Waals surface area contributed by atoms with E-state index in [1.165, 1.54) is 37.0 Å². The molecule has 3 aromatic rings. The number of thiophene rings is 1. The average Bonchev–Trinajstić information content (AvgIpc) is 3.26. The zero-order valence-electron chi connectivity index (χ0n) is 12.0. The molecule has 22 heavy (non-hydrogen) atoms. The average molecular weight is 309 g/mol. The summed E-state index contributed by atoms with van der Waals surface area (Å²) in [6, 6.07) is 6.49. The number of hydrogen-bond acceptors (Lipinski definition) is 3. The number of nitrogens with zero attached hydrogens (tertiary/aromatic N) is 2. The molecule has 0 unspecified atom stereocenters. The van der Waals surface area contributed by atoms with Gasteiger partial charge in [0.25, 0.3) is 5.56 Å². The first-order valence-electron chi connectivity index (χ1n) is 7.49. The molecule has 1 saturated carbocycles. The van der Waals surface area contributed by atoms with Crippen molar-refractivity contribution >= 4 is 22.2 Å². The molecule has 0 aliphatic heterocycles. The molecule has 0 amide bonds. The van der Waals surface area contributed by atoms with E-state index in [2.05, 4.69) is 21.8 Å². The highest BCUT2D eigenvalue weighted by Gasteiger charge is 2.22. The van der Waals surface area contributed by atoms with E-state index in [1.54, 1.807) is 6.20 Å². The van der Waals surface area contributed by atoms with Crippen molar-refractivity contribution in [2.24, 2.45) is 0 Å². The van der Waals surface area contributed by atoms with Crippen LogP contribution in [0.3, 0.4) is 0 Å². The molecular formula is C17H15N3OS. The first-order chi connectivity index (χ1) is 10.8. The highest BCUT2D eigenvalue weighted by molar-refractivity contribution is 7.10. The maximum atomic E-state index is 12.3. The maximum absolute atomic E-state index is 12.3. The van der Waals surface area contributed by atoms with Gasteiger partial charge >= 0.3 is 0 Å². The predicted octanol–water partition coefficient (Wildman–Crippen LogP) is 4.04. The first-order valence-corrected chi connectivity index (χ1v) is 8.37. The van der Waals surface area contributed by atoms with Gasteiger partial charge in [-0.2, -0.15) is 5.26 Å². The van der Waals surface area contributed by atoms with Crippen LogP contribution in [-0.2, 0) is 0 Å². The SMILES string of the molecule is N#Cc1cc(-c2cn(C3CCCC3)c3cc[nH]c(=O)c23)cs1. The first kappa shape index (κ1) is 13.4. The Bertz CT molecular complexity index is 935. The zero-order chi connectivity index (χ0) is 15.1. The summed E-state index contributed by atoms with van der Waals surface area (Å²) >= 11 is 1.42. The Morgan fingerprint density at radius 2 is 2.18 bits per heavy atom. The minimum Gasteiger partial charge on any atom is -0.344 e. The molecule has 1 aliphatic carbocycles. The molecule has 1 fully saturated rings. The van der Waals surface area contributed by atoms with Crippen molar-refractivity contribution in [3.05, 3.63) is 45.1 Å². The maximum Gasteiger partial charge on any atom is 0.258 e. The lowest BCUT2D eigenvalue weighted by molar-refractivity contribution is 0.536. The number of aromatic amines is 1. The van der Waals surface area contributed by atoms with E-state index < -0.39 is 0 Å². The fourth-order valence-electron chi connectivity index (χ4n) is 3.46. The van der Waals surface area contributed by atoms with Crippen molar-refractivity contribution < 1.29 is 0 Å². The van der Waals surface area contributed by atoms with Gasteiger partial charge in [0.2, 0.25) is 0 Å². The summed E-state index contributed by atoms with van der Waals surface area (Å²) in [5.74, 6) is 0. The lowest BCUT2D eigenvalue weighted by Gasteiger charge is -2.12. The van der Waals surface area contributed by atoms with Gasteiger partial charge in [-0.3, -0.25) is 4.79 Å². The van der Waals surface area contributed by atoms with Crippen LogP contribution >= 0.6 is 11.3 Å². The van der Waals surface area contributed by atoms with Gasteiger partial charge in [0.05, 0.1) is 10.9 Å². The summed E-state index contributed by atoms with van der Waals surface area (Å²) in [6.07, 6.45) is 8.65. The van der Waals surface area contributed by atoms with Crippen LogP contribution in [0.4, 0.5) is 0 Å². The molecule has 4 rings (SSSR count). The van der Waals surface area contributed by atoms with Crippen LogP contribution in [0.5, 0.6) is 0 Å². The highest BCUT2D eigenvalue weighted by Crippen LogP contribution is 2.37. The number of fused-ring (bicyclic) bond motifs is 1. The molecule has 0 radical (unpaired) electrons. The second-order valence-electron chi connectivity index (χ2n) is 5.77. The van der Waals surface area contributed by atoms with Gasteiger partial charge in [-0.1, -0.05) is 12.8 Å². The highest BCUT2D eigenvalue weighted by atomic mass is 32.1. The third kappa shape index (κ3) is 1.99. The summed E-state index contributed by atoms with van der Waals surface area (Å²) in [7, 11) is 0. The van der Waals surface area contributed by atoms with E-state index in [4.69, 9.17) is 5.26 Å². The Hall–Kier alpha value is -2.32. The molecule has 0 atom stereocenters. The monoisotopic (exact) mass is 309 g/mol. The summed E-state index contributed by atoms with van der Waals surface area (Å²) in [5.41, 5.74) is 2.82.